The van der Waals surface area contributed by atoms with Crippen LogP contribution in [-0.2, 0) is 9.53 Å². The van der Waals surface area contributed by atoms with Crippen LogP contribution in [0.4, 0.5) is 0 Å². The smallest absolute Gasteiger partial charge is 0.348 e. The highest BCUT2D eigenvalue weighted by Crippen LogP contribution is 2.28. The summed E-state index contributed by atoms with van der Waals surface area (Å²) in [5, 5.41) is 9.33. The number of esters is 1. The molecule has 0 aliphatic heterocycles. The van der Waals surface area contributed by atoms with Crippen LogP contribution >= 0.6 is 11.8 Å². The molecule has 0 aromatic heterocycles. The third-order valence-corrected chi connectivity index (χ3v) is 2.84. The Morgan fingerprint density at radius 3 is 2.40 bits per heavy atom. The van der Waals surface area contributed by atoms with Crippen LogP contribution in [0.5, 0.6) is 0 Å². The molecule has 1 rings (SSSR count). The standard InChI is InChI=1S/C11H12O3S/c1-8(12)10(11(13)14-2)15-9-6-4-3-5-7-9/h3-7,12H,1-2H3. The second-order valence-corrected chi connectivity index (χ2v) is 3.91. The molecular weight excluding hydrogens is 212 g/mol. The van der Waals surface area contributed by atoms with Crippen molar-refractivity contribution in [2.45, 2.75) is 11.8 Å². The molecule has 0 amide bonds. The fraction of sp³-hybridized carbons (Fsp3) is 0.182. The van der Waals surface area contributed by atoms with Gasteiger partial charge in [0.15, 0.2) is 0 Å². The van der Waals surface area contributed by atoms with Crippen molar-refractivity contribution in [3.05, 3.63) is 41.0 Å². The topological polar surface area (TPSA) is 46.5 Å². The van der Waals surface area contributed by atoms with E-state index in [4.69, 9.17) is 0 Å². The minimum absolute atomic E-state index is 0.0318. The van der Waals surface area contributed by atoms with Gasteiger partial charge in [0.05, 0.1) is 7.11 Å². The summed E-state index contributed by atoms with van der Waals surface area (Å²) in [6, 6.07) is 9.33. The molecule has 80 valence electrons. The van der Waals surface area contributed by atoms with Crippen molar-refractivity contribution in [2.24, 2.45) is 0 Å². The SMILES string of the molecule is COC(=O)C(Sc1ccccc1)=C(C)O. The molecular formula is C11H12O3S. The van der Waals surface area contributed by atoms with Crippen molar-refractivity contribution in [3.8, 4) is 0 Å². The lowest BCUT2D eigenvalue weighted by Gasteiger charge is -2.05. The van der Waals surface area contributed by atoms with E-state index in [9.17, 15) is 9.90 Å². The molecule has 0 heterocycles. The van der Waals surface area contributed by atoms with Crippen LogP contribution in [0.25, 0.3) is 0 Å². The van der Waals surface area contributed by atoms with Gasteiger partial charge in [0.2, 0.25) is 0 Å². The van der Waals surface area contributed by atoms with Crippen LogP contribution in [0.1, 0.15) is 6.92 Å². The molecule has 1 N–H and O–H groups in total. The summed E-state index contributed by atoms with van der Waals surface area (Å²) < 4.78 is 4.57. The van der Waals surface area contributed by atoms with Crippen molar-refractivity contribution in [2.75, 3.05) is 7.11 Å². The Labute approximate surface area is 92.8 Å². The molecule has 0 aliphatic carbocycles. The predicted octanol–water partition coefficient (Wildman–Crippen LogP) is 2.74. The zero-order chi connectivity index (χ0) is 11.3. The lowest BCUT2D eigenvalue weighted by molar-refractivity contribution is -0.135. The van der Waals surface area contributed by atoms with Crippen molar-refractivity contribution >= 4 is 17.7 Å². The minimum atomic E-state index is -0.524. The van der Waals surface area contributed by atoms with Gasteiger partial charge in [-0.3, -0.25) is 0 Å². The summed E-state index contributed by atoms with van der Waals surface area (Å²) in [5.41, 5.74) is 0. The number of allylic oxidation sites excluding steroid dienone is 1. The van der Waals surface area contributed by atoms with Gasteiger partial charge >= 0.3 is 5.97 Å². The molecule has 15 heavy (non-hydrogen) atoms. The summed E-state index contributed by atoms with van der Waals surface area (Å²) in [5.74, 6) is -0.556. The molecule has 3 nitrogen and oxygen atoms in total. The first-order valence-corrected chi connectivity index (χ1v) is 5.18. The van der Waals surface area contributed by atoms with E-state index < -0.39 is 5.97 Å². The monoisotopic (exact) mass is 224 g/mol. The Balaban J connectivity index is 2.87. The quantitative estimate of drug-likeness (QED) is 0.371. The van der Waals surface area contributed by atoms with Gasteiger partial charge in [0, 0.05) is 4.90 Å². The first-order chi connectivity index (χ1) is 7.15. The van der Waals surface area contributed by atoms with Gasteiger partial charge in [-0.05, 0) is 19.1 Å². The van der Waals surface area contributed by atoms with Gasteiger partial charge < -0.3 is 9.84 Å². The Hall–Kier alpha value is -1.42. The van der Waals surface area contributed by atoms with E-state index in [1.165, 1.54) is 25.8 Å². The maximum absolute atomic E-state index is 11.3. The summed E-state index contributed by atoms with van der Waals surface area (Å²) in [6.45, 7) is 1.46. The fourth-order valence-corrected chi connectivity index (χ4v) is 1.81. The van der Waals surface area contributed by atoms with Crippen LogP contribution in [0.15, 0.2) is 45.9 Å². The van der Waals surface area contributed by atoms with Crippen LogP contribution in [0, 0.1) is 0 Å². The average molecular weight is 224 g/mol. The van der Waals surface area contributed by atoms with Crippen LogP contribution in [0.3, 0.4) is 0 Å². The number of rotatable bonds is 3. The zero-order valence-electron chi connectivity index (χ0n) is 8.56. The molecule has 1 aromatic carbocycles. The Bertz CT molecular complexity index is 367. The number of hydrogen-bond acceptors (Lipinski definition) is 4. The second kappa shape index (κ2) is 5.46. The molecule has 0 bridgehead atoms. The maximum atomic E-state index is 11.3. The number of aliphatic hydroxyl groups excluding tert-OH is 1. The predicted molar refractivity (Wildman–Crippen MR) is 59.6 cm³/mol. The molecule has 1 aromatic rings. The number of benzene rings is 1. The van der Waals surface area contributed by atoms with Crippen molar-refractivity contribution in [1.82, 2.24) is 0 Å². The maximum Gasteiger partial charge on any atom is 0.348 e. The molecule has 0 saturated carbocycles. The van der Waals surface area contributed by atoms with Crippen molar-refractivity contribution in [1.29, 1.82) is 0 Å². The lowest BCUT2D eigenvalue weighted by Crippen LogP contribution is -2.04. The van der Waals surface area contributed by atoms with E-state index in [1.807, 2.05) is 30.3 Å². The van der Waals surface area contributed by atoms with Crippen LogP contribution in [0.2, 0.25) is 0 Å². The summed E-state index contributed by atoms with van der Waals surface area (Å²) in [4.78, 5) is 12.4. The average Bonchev–Trinajstić information content (AvgIpc) is 2.26. The summed E-state index contributed by atoms with van der Waals surface area (Å²) in [7, 11) is 1.29. The first kappa shape index (κ1) is 11.7. The van der Waals surface area contributed by atoms with E-state index in [-0.39, 0.29) is 10.7 Å². The first-order valence-electron chi connectivity index (χ1n) is 4.36. The number of hydrogen-bond donors (Lipinski definition) is 1. The molecule has 0 aliphatic rings. The van der Waals surface area contributed by atoms with Crippen molar-refractivity contribution < 1.29 is 14.6 Å². The highest BCUT2D eigenvalue weighted by atomic mass is 32.2. The largest absolute Gasteiger partial charge is 0.511 e. The van der Waals surface area contributed by atoms with E-state index in [2.05, 4.69) is 4.74 Å². The van der Waals surface area contributed by atoms with Crippen LogP contribution in [-0.4, -0.2) is 18.2 Å². The molecule has 0 atom stereocenters. The number of carbonyl (C=O) groups excluding carboxylic acids is 1. The summed E-state index contributed by atoms with van der Waals surface area (Å²) in [6.07, 6.45) is 0. The van der Waals surface area contributed by atoms with E-state index >= 15 is 0 Å². The van der Waals surface area contributed by atoms with E-state index in [1.54, 1.807) is 0 Å². The van der Waals surface area contributed by atoms with Gasteiger partial charge in [-0.25, -0.2) is 4.79 Å². The third kappa shape index (κ3) is 3.32. The van der Waals surface area contributed by atoms with Gasteiger partial charge in [-0.1, -0.05) is 30.0 Å². The number of carbonyl (C=O) groups is 1. The van der Waals surface area contributed by atoms with Gasteiger partial charge in [0.25, 0.3) is 0 Å². The molecule has 0 fully saturated rings. The summed E-state index contributed by atoms with van der Waals surface area (Å²) >= 11 is 1.18. The number of aliphatic hydroxyl groups is 1. The molecule has 0 saturated heterocycles. The highest BCUT2D eigenvalue weighted by molar-refractivity contribution is 8.04. The Morgan fingerprint density at radius 1 is 1.33 bits per heavy atom. The normalized spacial score (nSPS) is 11.9. The molecule has 4 heteroatoms. The fourth-order valence-electron chi connectivity index (χ4n) is 0.962. The van der Waals surface area contributed by atoms with Crippen molar-refractivity contribution in [3.63, 3.8) is 0 Å². The molecule has 0 spiro atoms. The third-order valence-electron chi connectivity index (χ3n) is 1.66. The zero-order valence-corrected chi connectivity index (χ0v) is 9.38. The van der Waals surface area contributed by atoms with E-state index in [0.717, 1.165) is 4.90 Å². The number of thioether (sulfide) groups is 1. The van der Waals surface area contributed by atoms with Gasteiger partial charge in [-0.15, -0.1) is 0 Å². The number of methoxy groups -OCH3 is 1. The second-order valence-electron chi connectivity index (χ2n) is 2.82. The number of ether oxygens (including phenoxy) is 1. The lowest BCUT2D eigenvalue weighted by atomic mass is 10.4. The van der Waals surface area contributed by atoms with Crippen LogP contribution < -0.4 is 0 Å². The highest BCUT2D eigenvalue weighted by Gasteiger charge is 2.14. The van der Waals surface area contributed by atoms with E-state index in [0.29, 0.717) is 0 Å². The van der Waals surface area contributed by atoms with Gasteiger partial charge in [-0.2, -0.15) is 0 Å². The minimum Gasteiger partial charge on any atom is -0.511 e. The molecule has 0 unspecified atom stereocenters. The molecule has 0 radical (unpaired) electrons. The Morgan fingerprint density at radius 2 is 1.93 bits per heavy atom. The Kier molecular flexibility index (Phi) is 4.24. The van der Waals surface area contributed by atoms with Gasteiger partial charge in [0.1, 0.15) is 10.7 Å².